The second kappa shape index (κ2) is 11.5. The summed E-state index contributed by atoms with van der Waals surface area (Å²) in [6, 6.07) is 7.17. The van der Waals surface area contributed by atoms with Gasteiger partial charge in [-0.2, -0.15) is 0 Å². The zero-order valence-electron chi connectivity index (χ0n) is 17.8. The standard InChI is InChI=1S/C22H29N5O3S/c1-3-13-27-19(14-23-21(29)16-9-11-18(30-2)12-10-16)25-26-22(27)31-15-20(28)24-17-7-5-4-6-8-17/h3,9-12,17H,1,4-8,13-15H2,2H3,(H,23,29)(H,24,28). The minimum Gasteiger partial charge on any atom is -0.497 e. The number of methoxy groups -OCH3 is 1. The average Bonchev–Trinajstić information content (AvgIpc) is 3.18. The van der Waals surface area contributed by atoms with Crippen LogP contribution in [0.25, 0.3) is 0 Å². The zero-order valence-corrected chi connectivity index (χ0v) is 18.6. The molecule has 166 valence electrons. The predicted octanol–water partition coefficient (Wildman–Crippen LogP) is 2.94. The van der Waals surface area contributed by atoms with Crippen molar-refractivity contribution in [1.29, 1.82) is 0 Å². The van der Waals surface area contributed by atoms with Crippen LogP contribution in [0.2, 0.25) is 0 Å². The van der Waals surface area contributed by atoms with Crippen LogP contribution in [-0.4, -0.2) is 45.5 Å². The summed E-state index contributed by atoms with van der Waals surface area (Å²) >= 11 is 1.34. The number of thioether (sulfide) groups is 1. The smallest absolute Gasteiger partial charge is 0.251 e. The van der Waals surface area contributed by atoms with E-state index in [1.54, 1.807) is 37.5 Å². The molecule has 2 amide bonds. The quantitative estimate of drug-likeness (QED) is 0.433. The van der Waals surface area contributed by atoms with E-state index in [9.17, 15) is 9.59 Å². The van der Waals surface area contributed by atoms with Gasteiger partial charge in [0.15, 0.2) is 11.0 Å². The molecule has 0 aliphatic heterocycles. The summed E-state index contributed by atoms with van der Waals surface area (Å²) in [6.45, 7) is 4.50. The molecule has 1 aromatic carbocycles. The number of nitrogens with zero attached hydrogens (tertiary/aromatic N) is 3. The molecule has 0 unspecified atom stereocenters. The zero-order chi connectivity index (χ0) is 22.1. The molecule has 0 atom stereocenters. The monoisotopic (exact) mass is 443 g/mol. The van der Waals surface area contributed by atoms with Crippen molar-refractivity contribution >= 4 is 23.6 Å². The second-order valence-corrected chi connectivity index (χ2v) is 8.34. The second-order valence-electron chi connectivity index (χ2n) is 7.40. The molecule has 1 aromatic heterocycles. The molecular formula is C22H29N5O3S. The van der Waals surface area contributed by atoms with Crippen LogP contribution in [0.15, 0.2) is 42.1 Å². The van der Waals surface area contributed by atoms with Gasteiger partial charge in [-0.3, -0.25) is 9.59 Å². The summed E-state index contributed by atoms with van der Waals surface area (Å²) in [4.78, 5) is 24.7. The Balaban J connectivity index is 1.55. The Labute approximate surface area is 186 Å². The topological polar surface area (TPSA) is 98.1 Å². The average molecular weight is 444 g/mol. The Kier molecular flexibility index (Phi) is 8.52. The number of allylic oxidation sites excluding steroid dienone is 1. The lowest BCUT2D eigenvalue weighted by Crippen LogP contribution is -2.37. The molecule has 0 bridgehead atoms. The van der Waals surface area contributed by atoms with Gasteiger partial charge >= 0.3 is 0 Å². The molecule has 3 rings (SSSR count). The van der Waals surface area contributed by atoms with E-state index < -0.39 is 0 Å². The third-order valence-corrected chi connectivity index (χ3v) is 6.13. The van der Waals surface area contributed by atoms with Crippen molar-refractivity contribution in [2.24, 2.45) is 0 Å². The summed E-state index contributed by atoms with van der Waals surface area (Å²) < 4.78 is 6.97. The van der Waals surface area contributed by atoms with Crippen LogP contribution in [0.4, 0.5) is 0 Å². The molecule has 8 nitrogen and oxygen atoms in total. The SMILES string of the molecule is C=CCn1c(CNC(=O)c2ccc(OC)cc2)nnc1SCC(=O)NC1CCCCC1. The van der Waals surface area contributed by atoms with Crippen LogP contribution in [0, 0.1) is 0 Å². The van der Waals surface area contributed by atoms with Gasteiger partial charge in [-0.15, -0.1) is 16.8 Å². The minimum absolute atomic E-state index is 0.0133. The van der Waals surface area contributed by atoms with Gasteiger partial charge in [-0.1, -0.05) is 37.1 Å². The minimum atomic E-state index is -0.211. The van der Waals surface area contributed by atoms with Crippen molar-refractivity contribution in [3.8, 4) is 5.75 Å². The number of benzene rings is 1. The van der Waals surface area contributed by atoms with Gasteiger partial charge in [0, 0.05) is 18.2 Å². The molecule has 1 heterocycles. The van der Waals surface area contributed by atoms with Crippen molar-refractivity contribution in [3.63, 3.8) is 0 Å². The van der Waals surface area contributed by atoms with E-state index in [-0.39, 0.29) is 30.2 Å². The first-order valence-corrected chi connectivity index (χ1v) is 11.5. The molecule has 9 heteroatoms. The van der Waals surface area contributed by atoms with Gasteiger partial charge in [0.2, 0.25) is 5.91 Å². The van der Waals surface area contributed by atoms with Crippen molar-refractivity contribution in [2.75, 3.05) is 12.9 Å². The molecule has 1 aliphatic carbocycles. The molecule has 0 radical (unpaired) electrons. The largest absolute Gasteiger partial charge is 0.497 e. The summed E-state index contributed by atoms with van der Waals surface area (Å²) in [5, 5.41) is 15.0. The normalized spacial score (nSPS) is 14.1. The van der Waals surface area contributed by atoms with E-state index >= 15 is 0 Å². The first-order valence-electron chi connectivity index (χ1n) is 10.5. The van der Waals surface area contributed by atoms with Crippen molar-refractivity contribution < 1.29 is 14.3 Å². The van der Waals surface area contributed by atoms with Crippen LogP contribution in [-0.2, 0) is 17.9 Å². The number of carbonyl (C=O) groups is 2. The Morgan fingerprint density at radius 3 is 2.65 bits per heavy atom. The van der Waals surface area contributed by atoms with Crippen LogP contribution >= 0.6 is 11.8 Å². The lowest BCUT2D eigenvalue weighted by Gasteiger charge is -2.22. The highest BCUT2D eigenvalue weighted by atomic mass is 32.2. The third-order valence-electron chi connectivity index (χ3n) is 5.17. The summed E-state index contributed by atoms with van der Waals surface area (Å²) in [5.41, 5.74) is 0.532. The summed E-state index contributed by atoms with van der Waals surface area (Å²) in [7, 11) is 1.58. The number of nitrogens with one attached hydrogen (secondary N) is 2. The molecule has 1 aliphatic rings. The number of ether oxygens (including phenoxy) is 1. The Morgan fingerprint density at radius 1 is 1.23 bits per heavy atom. The molecule has 1 saturated carbocycles. The van der Waals surface area contributed by atoms with E-state index in [0.717, 1.165) is 12.8 Å². The highest BCUT2D eigenvalue weighted by Crippen LogP contribution is 2.20. The van der Waals surface area contributed by atoms with Crippen molar-refractivity contribution in [3.05, 3.63) is 48.3 Å². The van der Waals surface area contributed by atoms with Gasteiger partial charge in [-0.05, 0) is 37.1 Å². The molecule has 0 saturated heterocycles. The van der Waals surface area contributed by atoms with Crippen molar-refractivity contribution in [1.82, 2.24) is 25.4 Å². The van der Waals surface area contributed by atoms with E-state index in [1.807, 2.05) is 4.57 Å². The molecule has 2 N–H and O–H groups in total. The molecule has 2 aromatic rings. The fourth-order valence-electron chi connectivity index (χ4n) is 3.52. The first-order chi connectivity index (χ1) is 15.1. The van der Waals surface area contributed by atoms with Crippen LogP contribution < -0.4 is 15.4 Å². The lowest BCUT2D eigenvalue weighted by atomic mass is 9.95. The van der Waals surface area contributed by atoms with E-state index in [2.05, 4.69) is 27.4 Å². The molecule has 0 spiro atoms. The molecule has 1 fully saturated rings. The summed E-state index contributed by atoms with van der Waals surface area (Å²) in [6.07, 6.45) is 7.46. The van der Waals surface area contributed by atoms with E-state index in [4.69, 9.17) is 4.74 Å². The fraction of sp³-hybridized carbons (Fsp3) is 0.455. The Morgan fingerprint density at radius 2 is 1.97 bits per heavy atom. The van der Waals surface area contributed by atoms with Gasteiger partial charge < -0.3 is 19.9 Å². The molecule has 31 heavy (non-hydrogen) atoms. The lowest BCUT2D eigenvalue weighted by molar-refractivity contribution is -0.119. The maximum atomic E-state index is 12.4. The first kappa shape index (κ1) is 22.9. The predicted molar refractivity (Wildman–Crippen MR) is 120 cm³/mol. The molecular weight excluding hydrogens is 414 g/mol. The maximum Gasteiger partial charge on any atom is 0.251 e. The van der Waals surface area contributed by atoms with Gasteiger partial charge in [-0.25, -0.2) is 0 Å². The number of aromatic nitrogens is 3. The number of hydrogen-bond acceptors (Lipinski definition) is 6. The van der Waals surface area contributed by atoms with Crippen LogP contribution in [0.5, 0.6) is 5.75 Å². The third kappa shape index (κ3) is 6.58. The van der Waals surface area contributed by atoms with Crippen LogP contribution in [0.3, 0.4) is 0 Å². The number of hydrogen-bond donors (Lipinski definition) is 2. The highest BCUT2D eigenvalue weighted by molar-refractivity contribution is 7.99. The van der Waals surface area contributed by atoms with Crippen LogP contribution in [0.1, 0.15) is 48.3 Å². The fourth-order valence-corrected chi connectivity index (χ4v) is 4.30. The number of rotatable bonds is 10. The van der Waals surface area contributed by atoms with Crippen molar-refractivity contribution in [2.45, 2.75) is 56.4 Å². The van der Waals surface area contributed by atoms with E-state index in [1.165, 1.54) is 31.0 Å². The number of carbonyl (C=O) groups excluding carboxylic acids is 2. The number of amides is 2. The van der Waals surface area contributed by atoms with Gasteiger partial charge in [0.25, 0.3) is 5.91 Å². The summed E-state index contributed by atoms with van der Waals surface area (Å²) in [5.74, 6) is 1.38. The maximum absolute atomic E-state index is 12.4. The van der Waals surface area contributed by atoms with E-state index in [0.29, 0.717) is 28.8 Å². The Hall–Kier alpha value is -2.81. The van der Waals surface area contributed by atoms with Gasteiger partial charge in [0.05, 0.1) is 19.4 Å². The van der Waals surface area contributed by atoms with Gasteiger partial charge in [0.1, 0.15) is 5.75 Å². The Bertz CT molecular complexity index is 891. The highest BCUT2D eigenvalue weighted by Gasteiger charge is 2.18.